The highest BCUT2D eigenvalue weighted by Crippen LogP contribution is 2.33. The van der Waals surface area contributed by atoms with Crippen molar-refractivity contribution in [2.45, 2.75) is 69.2 Å². The van der Waals surface area contributed by atoms with E-state index in [1.807, 2.05) is 30.3 Å². The maximum absolute atomic E-state index is 13.4. The topological polar surface area (TPSA) is 59.4 Å². The minimum Gasteiger partial charge on any atom is -0.378 e. The zero-order chi connectivity index (χ0) is 23.1. The lowest BCUT2D eigenvalue weighted by molar-refractivity contribution is -0.0843. The number of amides is 1. The fourth-order valence-corrected chi connectivity index (χ4v) is 6.10. The third kappa shape index (κ3) is 4.12. The Morgan fingerprint density at radius 3 is 2.44 bits per heavy atom. The van der Waals surface area contributed by atoms with Crippen LogP contribution in [0, 0.1) is 5.82 Å². The first-order chi connectivity index (χ1) is 16.7. The summed E-state index contributed by atoms with van der Waals surface area (Å²) in [7, 11) is 0. The predicted molar refractivity (Wildman–Crippen MR) is 128 cm³/mol. The minimum atomic E-state index is -0.211. The zero-order valence-corrected chi connectivity index (χ0v) is 19.3. The van der Waals surface area contributed by atoms with Crippen LogP contribution < -0.4 is 5.32 Å². The summed E-state index contributed by atoms with van der Waals surface area (Å²) in [5.74, 6) is -0.291. The molecule has 6 nitrogen and oxygen atoms in total. The van der Waals surface area contributed by atoms with Gasteiger partial charge < -0.3 is 10.1 Å². The first-order valence-electron chi connectivity index (χ1n) is 12.5. The van der Waals surface area contributed by atoms with Crippen LogP contribution in [0.4, 0.5) is 4.39 Å². The molecule has 1 saturated carbocycles. The molecule has 0 spiro atoms. The summed E-state index contributed by atoms with van der Waals surface area (Å²) in [5, 5.41) is 9.07. The van der Waals surface area contributed by atoms with Crippen LogP contribution in [0.1, 0.15) is 60.6 Å². The van der Waals surface area contributed by atoms with Crippen molar-refractivity contribution in [1.29, 1.82) is 0 Å². The van der Waals surface area contributed by atoms with E-state index in [0.717, 1.165) is 48.7 Å². The summed E-state index contributed by atoms with van der Waals surface area (Å²) in [4.78, 5) is 15.9. The number of halogens is 1. The van der Waals surface area contributed by atoms with Crippen LogP contribution in [0.5, 0.6) is 0 Å². The van der Waals surface area contributed by atoms with Gasteiger partial charge in [0.2, 0.25) is 0 Å². The smallest absolute Gasteiger partial charge is 0.272 e. The molecule has 3 heterocycles. The lowest BCUT2D eigenvalue weighted by atomic mass is 9.89. The number of piperidine rings is 1. The van der Waals surface area contributed by atoms with E-state index in [0.29, 0.717) is 24.9 Å². The SMILES string of the molecule is O=C(N[C@H]1C[C@H]2COC[C@@H](C1)N2Cc1ccc(F)cc1)c1nn(C2CCCC2)c2ccccc12. The van der Waals surface area contributed by atoms with Gasteiger partial charge in [-0.2, -0.15) is 5.10 Å². The number of nitrogens with one attached hydrogen (secondary N) is 1. The quantitative estimate of drug-likeness (QED) is 0.609. The number of rotatable bonds is 5. The summed E-state index contributed by atoms with van der Waals surface area (Å²) < 4.78 is 21.3. The van der Waals surface area contributed by atoms with Crippen LogP contribution in [-0.2, 0) is 11.3 Å². The van der Waals surface area contributed by atoms with Crippen molar-refractivity contribution >= 4 is 16.8 Å². The first kappa shape index (κ1) is 21.7. The molecule has 0 radical (unpaired) electrons. The maximum Gasteiger partial charge on any atom is 0.272 e. The van der Waals surface area contributed by atoms with Crippen LogP contribution in [-0.4, -0.2) is 51.9 Å². The molecule has 3 aliphatic rings. The summed E-state index contributed by atoms with van der Waals surface area (Å²) in [6.45, 7) is 2.09. The summed E-state index contributed by atoms with van der Waals surface area (Å²) in [6, 6.07) is 15.8. The van der Waals surface area contributed by atoms with Crippen molar-refractivity contribution in [1.82, 2.24) is 20.0 Å². The Hall–Kier alpha value is -2.77. The van der Waals surface area contributed by atoms with Gasteiger partial charge in [0.1, 0.15) is 5.82 Å². The fourth-order valence-electron chi connectivity index (χ4n) is 6.10. The van der Waals surface area contributed by atoms with Gasteiger partial charge in [0, 0.05) is 30.1 Å². The summed E-state index contributed by atoms with van der Waals surface area (Å²) in [6.07, 6.45) is 6.38. The molecule has 3 aromatic rings. The monoisotopic (exact) mass is 462 g/mol. The van der Waals surface area contributed by atoms with Crippen LogP contribution >= 0.6 is 0 Å². The molecule has 0 unspecified atom stereocenters. The normalized spacial score (nSPS) is 25.6. The Bertz CT molecular complexity index is 1160. The van der Waals surface area contributed by atoms with Crippen LogP contribution in [0.15, 0.2) is 48.5 Å². The van der Waals surface area contributed by atoms with Crippen molar-refractivity contribution in [3.8, 4) is 0 Å². The van der Waals surface area contributed by atoms with E-state index in [4.69, 9.17) is 9.84 Å². The molecule has 178 valence electrons. The highest BCUT2D eigenvalue weighted by molar-refractivity contribution is 6.05. The largest absolute Gasteiger partial charge is 0.378 e. The molecule has 34 heavy (non-hydrogen) atoms. The van der Waals surface area contributed by atoms with Crippen molar-refractivity contribution in [2.24, 2.45) is 0 Å². The number of benzene rings is 2. The predicted octanol–water partition coefficient (Wildman–Crippen LogP) is 4.45. The van der Waals surface area contributed by atoms with Gasteiger partial charge in [0.25, 0.3) is 5.91 Å². The van der Waals surface area contributed by atoms with Gasteiger partial charge in [-0.3, -0.25) is 14.4 Å². The molecule has 7 heteroatoms. The van der Waals surface area contributed by atoms with E-state index < -0.39 is 0 Å². The highest BCUT2D eigenvalue weighted by Gasteiger charge is 2.39. The molecular weight excluding hydrogens is 431 g/mol. The van der Waals surface area contributed by atoms with E-state index in [2.05, 4.69) is 21.0 Å². The molecule has 2 aliphatic heterocycles. The zero-order valence-electron chi connectivity index (χ0n) is 19.3. The van der Waals surface area contributed by atoms with Gasteiger partial charge in [-0.1, -0.05) is 43.2 Å². The molecule has 2 aromatic carbocycles. The van der Waals surface area contributed by atoms with E-state index in [1.165, 1.54) is 25.0 Å². The summed E-state index contributed by atoms with van der Waals surface area (Å²) in [5.41, 5.74) is 2.70. The minimum absolute atomic E-state index is 0.0797. The van der Waals surface area contributed by atoms with Crippen LogP contribution in [0.2, 0.25) is 0 Å². The van der Waals surface area contributed by atoms with Gasteiger partial charge in [-0.05, 0) is 49.4 Å². The number of nitrogens with zero attached hydrogens (tertiary/aromatic N) is 3. The van der Waals surface area contributed by atoms with E-state index >= 15 is 0 Å². The third-order valence-electron chi connectivity index (χ3n) is 7.78. The Morgan fingerprint density at radius 1 is 1.00 bits per heavy atom. The Balaban J connectivity index is 1.18. The number of carbonyl (C=O) groups excluding carboxylic acids is 1. The lowest BCUT2D eigenvalue weighted by Gasteiger charge is -2.48. The van der Waals surface area contributed by atoms with Crippen molar-refractivity contribution in [3.63, 3.8) is 0 Å². The lowest BCUT2D eigenvalue weighted by Crippen LogP contribution is -2.60. The Morgan fingerprint density at radius 2 is 1.71 bits per heavy atom. The van der Waals surface area contributed by atoms with Gasteiger partial charge in [-0.15, -0.1) is 0 Å². The van der Waals surface area contributed by atoms with E-state index in [1.54, 1.807) is 0 Å². The molecular formula is C27H31FN4O2. The number of fused-ring (bicyclic) bond motifs is 3. The van der Waals surface area contributed by atoms with Gasteiger partial charge in [0.05, 0.1) is 24.8 Å². The Kier molecular flexibility index (Phi) is 5.83. The standard InChI is InChI=1S/C27H31FN4O2/c28-19-11-9-18(10-12-19)15-31-22-13-20(14-23(31)17-34-16-22)29-27(33)26-24-7-3-4-8-25(24)32(30-26)21-5-1-2-6-21/h3-4,7-12,20-23H,1-2,5-6,13-17H2,(H,29,33)/t20-,22-,23+. The molecule has 1 amide bonds. The van der Waals surface area contributed by atoms with Gasteiger partial charge in [0.15, 0.2) is 5.69 Å². The highest BCUT2D eigenvalue weighted by atomic mass is 19.1. The number of para-hydroxylation sites is 1. The second-order valence-electron chi connectivity index (χ2n) is 10.0. The first-order valence-corrected chi connectivity index (χ1v) is 12.5. The Labute approximate surface area is 199 Å². The molecule has 3 fully saturated rings. The molecule has 2 bridgehead atoms. The third-order valence-corrected chi connectivity index (χ3v) is 7.78. The van der Waals surface area contributed by atoms with Crippen LogP contribution in [0.3, 0.4) is 0 Å². The average Bonchev–Trinajstić information content (AvgIpc) is 3.49. The van der Waals surface area contributed by atoms with Crippen LogP contribution in [0.25, 0.3) is 10.9 Å². The van der Waals surface area contributed by atoms with Crippen molar-refractivity contribution in [3.05, 3.63) is 65.6 Å². The molecule has 1 N–H and O–H groups in total. The molecule has 6 rings (SSSR count). The molecule has 2 saturated heterocycles. The average molecular weight is 463 g/mol. The van der Waals surface area contributed by atoms with Crippen molar-refractivity contribution < 1.29 is 13.9 Å². The molecule has 1 aromatic heterocycles. The molecule has 3 atom stereocenters. The van der Waals surface area contributed by atoms with Crippen molar-refractivity contribution in [2.75, 3.05) is 13.2 Å². The second-order valence-corrected chi connectivity index (χ2v) is 10.0. The number of ether oxygens (including phenoxy) is 1. The van der Waals surface area contributed by atoms with E-state index in [9.17, 15) is 9.18 Å². The van der Waals surface area contributed by atoms with E-state index in [-0.39, 0.29) is 29.8 Å². The number of hydrogen-bond acceptors (Lipinski definition) is 4. The van der Waals surface area contributed by atoms with Gasteiger partial charge in [-0.25, -0.2) is 4.39 Å². The van der Waals surface area contributed by atoms with Gasteiger partial charge >= 0.3 is 0 Å². The second kappa shape index (κ2) is 9.12. The summed E-state index contributed by atoms with van der Waals surface area (Å²) >= 11 is 0. The number of morpholine rings is 1. The molecule has 1 aliphatic carbocycles. The number of carbonyl (C=O) groups is 1. The number of hydrogen-bond donors (Lipinski definition) is 1. The number of aromatic nitrogens is 2. The fraction of sp³-hybridized carbons (Fsp3) is 0.481. The maximum atomic E-state index is 13.4.